The van der Waals surface area contributed by atoms with Crippen molar-refractivity contribution in [2.45, 2.75) is 25.5 Å². The largest absolute Gasteiger partial charge is 0.445 e. The van der Waals surface area contributed by atoms with Crippen molar-refractivity contribution in [3.8, 4) is 0 Å². The van der Waals surface area contributed by atoms with E-state index in [2.05, 4.69) is 0 Å². The number of rotatable bonds is 6. The molecule has 0 aliphatic carbocycles. The molecular weight excluding hydrogens is 384 g/mol. The van der Waals surface area contributed by atoms with Gasteiger partial charge >= 0.3 is 6.09 Å². The first-order valence-corrected chi connectivity index (χ1v) is 11.1. The van der Waals surface area contributed by atoms with E-state index in [1.165, 1.54) is 11.4 Å². The average Bonchev–Trinajstić information content (AvgIpc) is 2.71. The number of nitrogens with zero attached hydrogens (tertiary/aromatic N) is 2. The highest BCUT2D eigenvalue weighted by molar-refractivity contribution is 7.89. The third-order valence-corrected chi connectivity index (χ3v) is 7.61. The first kappa shape index (κ1) is 21.0. The van der Waals surface area contributed by atoms with Crippen molar-refractivity contribution in [2.24, 2.45) is 5.41 Å². The number of benzene rings is 1. The molecular formula is C19H28N2O6S. The van der Waals surface area contributed by atoms with E-state index >= 15 is 0 Å². The monoisotopic (exact) mass is 412 g/mol. The predicted octanol–water partition coefficient (Wildman–Crippen LogP) is 1.06. The summed E-state index contributed by atoms with van der Waals surface area (Å²) in [7, 11) is -1.86. The number of sulfonamides is 1. The molecule has 1 N–H and O–H groups in total. The van der Waals surface area contributed by atoms with Crippen LogP contribution >= 0.6 is 0 Å². The Morgan fingerprint density at radius 1 is 1.32 bits per heavy atom. The first-order chi connectivity index (χ1) is 13.4. The highest BCUT2D eigenvalue weighted by atomic mass is 32.2. The maximum absolute atomic E-state index is 12.6. The van der Waals surface area contributed by atoms with Gasteiger partial charge in [-0.25, -0.2) is 13.2 Å². The van der Waals surface area contributed by atoms with Crippen molar-refractivity contribution in [1.29, 1.82) is 0 Å². The number of carbonyl (C=O) groups excluding carboxylic acids is 1. The number of piperidine rings is 1. The van der Waals surface area contributed by atoms with Gasteiger partial charge in [0.1, 0.15) is 6.61 Å². The lowest BCUT2D eigenvalue weighted by Crippen LogP contribution is -2.65. The van der Waals surface area contributed by atoms with E-state index in [9.17, 15) is 18.3 Å². The van der Waals surface area contributed by atoms with E-state index in [-0.39, 0.29) is 38.1 Å². The van der Waals surface area contributed by atoms with E-state index < -0.39 is 21.5 Å². The number of aliphatic hydroxyl groups is 1. The molecule has 0 radical (unpaired) electrons. The van der Waals surface area contributed by atoms with Gasteiger partial charge in [0.15, 0.2) is 0 Å². The van der Waals surface area contributed by atoms with Crippen molar-refractivity contribution in [3.63, 3.8) is 0 Å². The molecule has 2 fully saturated rings. The smallest absolute Gasteiger partial charge is 0.410 e. The van der Waals surface area contributed by atoms with E-state index in [1.54, 1.807) is 4.90 Å². The average molecular weight is 413 g/mol. The van der Waals surface area contributed by atoms with Gasteiger partial charge in [-0.1, -0.05) is 30.3 Å². The van der Waals surface area contributed by atoms with Crippen LogP contribution in [0.3, 0.4) is 0 Å². The number of carbonyl (C=O) groups is 1. The van der Waals surface area contributed by atoms with E-state index in [4.69, 9.17) is 9.47 Å². The van der Waals surface area contributed by atoms with E-state index in [0.29, 0.717) is 26.0 Å². The molecule has 2 heterocycles. The first-order valence-electron chi connectivity index (χ1n) is 9.47. The Morgan fingerprint density at radius 2 is 2.07 bits per heavy atom. The second kappa shape index (κ2) is 8.77. The molecule has 0 spiro atoms. The third-order valence-electron chi connectivity index (χ3n) is 5.74. The second-order valence-electron chi connectivity index (χ2n) is 7.46. The third kappa shape index (κ3) is 4.32. The number of aliphatic hydroxyl groups excluding tert-OH is 1. The Balaban J connectivity index is 1.70. The highest BCUT2D eigenvalue weighted by Crippen LogP contribution is 2.42. The molecule has 0 bridgehead atoms. The van der Waals surface area contributed by atoms with Crippen LogP contribution in [0.15, 0.2) is 30.3 Å². The maximum atomic E-state index is 12.6. The fourth-order valence-electron chi connectivity index (χ4n) is 4.16. The second-order valence-corrected chi connectivity index (χ2v) is 9.50. The van der Waals surface area contributed by atoms with Gasteiger partial charge in [-0.2, -0.15) is 4.31 Å². The fraction of sp³-hybridized carbons (Fsp3) is 0.632. The van der Waals surface area contributed by atoms with Gasteiger partial charge in [0.05, 0.1) is 19.0 Å². The Kier molecular flexibility index (Phi) is 6.59. The molecule has 2 aliphatic heterocycles. The number of amides is 1. The minimum absolute atomic E-state index is 0.0410. The van der Waals surface area contributed by atoms with Gasteiger partial charge in [-0.15, -0.1) is 0 Å². The van der Waals surface area contributed by atoms with Crippen LogP contribution in [-0.4, -0.2) is 80.6 Å². The Morgan fingerprint density at radius 3 is 2.75 bits per heavy atom. The minimum Gasteiger partial charge on any atom is -0.445 e. The summed E-state index contributed by atoms with van der Waals surface area (Å²) in [6, 6.07) is 9.08. The summed E-state index contributed by atoms with van der Waals surface area (Å²) < 4.78 is 37.1. The molecule has 156 valence electrons. The normalized spacial score (nSPS) is 27.2. The van der Waals surface area contributed by atoms with Crippen molar-refractivity contribution >= 4 is 16.1 Å². The van der Waals surface area contributed by atoms with Crippen LogP contribution in [0.25, 0.3) is 0 Å². The van der Waals surface area contributed by atoms with Crippen LogP contribution in [0.2, 0.25) is 0 Å². The molecule has 1 aromatic carbocycles. The zero-order valence-electron chi connectivity index (χ0n) is 16.1. The quantitative estimate of drug-likeness (QED) is 0.751. The summed E-state index contributed by atoms with van der Waals surface area (Å²) in [6.07, 6.45) is 0.346. The van der Waals surface area contributed by atoms with Crippen LogP contribution in [0, 0.1) is 5.41 Å². The Labute approximate surface area is 166 Å². The molecule has 2 saturated heterocycles. The van der Waals surface area contributed by atoms with Crippen LogP contribution in [0.5, 0.6) is 0 Å². The highest BCUT2D eigenvalue weighted by Gasteiger charge is 2.53. The summed E-state index contributed by atoms with van der Waals surface area (Å²) in [5.41, 5.74) is 0.223. The summed E-state index contributed by atoms with van der Waals surface area (Å²) >= 11 is 0. The molecule has 8 nitrogen and oxygen atoms in total. The Hall–Kier alpha value is -1.68. The SMILES string of the molecule is COCCN1[C@@H]2CCN(C(=O)OCc3ccccc3)C[C@@]2(CO)CCS1(=O)=O. The summed E-state index contributed by atoms with van der Waals surface area (Å²) in [5.74, 6) is -0.0410. The lowest BCUT2D eigenvalue weighted by Gasteiger charge is -2.53. The van der Waals surface area contributed by atoms with Crippen molar-refractivity contribution in [1.82, 2.24) is 9.21 Å². The zero-order chi connectivity index (χ0) is 20.2. The van der Waals surface area contributed by atoms with Gasteiger partial charge in [0, 0.05) is 38.2 Å². The number of hydrogen-bond acceptors (Lipinski definition) is 6. The molecule has 1 aromatic rings. The minimum atomic E-state index is -3.39. The number of fused-ring (bicyclic) bond motifs is 1. The molecule has 0 aromatic heterocycles. The predicted molar refractivity (Wildman–Crippen MR) is 103 cm³/mol. The van der Waals surface area contributed by atoms with Gasteiger partial charge in [0.25, 0.3) is 0 Å². The number of methoxy groups -OCH3 is 1. The Bertz CT molecular complexity index is 772. The van der Waals surface area contributed by atoms with Gasteiger partial charge in [0.2, 0.25) is 10.0 Å². The van der Waals surface area contributed by atoms with Gasteiger partial charge in [-0.3, -0.25) is 0 Å². The number of likely N-dealkylation sites (tertiary alicyclic amines) is 1. The summed E-state index contributed by atoms with van der Waals surface area (Å²) in [5, 5.41) is 10.2. The van der Waals surface area contributed by atoms with Crippen molar-refractivity contribution < 1.29 is 27.8 Å². The van der Waals surface area contributed by atoms with E-state index in [1.807, 2.05) is 30.3 Å². The summed E-state index contributed by atoms with van der Waals surface area (Å²) in [4.78, 5) is 14.1. The van der Waals surface area contributed by atoms with Gasteiger partial charge < -0.3 is 19.5 Å². The molecule has 2 atom stereocenters. The standard InChI is InChI=1S/C19H28N2O6S/c1-26-11-10-21-17-7-9-20(14-19(17,15-22)8-12-28(21,24)25)18(23)27-13-16-5-3-2-4-6-16/h2-6,17,22H,7-15H2,1H3/t17-,19-/m1/s1. The zero-order valence-corrected chi connectivity index (χ0v) is 16.9. The lowest BCUT2D eigenvalue weighted by molar-refractivity contribution is -0.0358. The molecule has 28 heavy (non-hydrogen) atoms. The lowest BCUT2D eigenvalue weighted by atomic mass is 9.73. The van der Waals surface area contributed by atoms with Crippen molar-refractivity contribution in [3.05, 3.63) is 35.9 Å². The summed E-state index contributed by atoms with van der Waals surface area (Å²) in [6.45, 7) is 1.21. The topological polar surface area (TPSA) is 96.4 Å². The van der Waals surface area contributed by atoms with Crippen LogP contribution in [0.1, 0.15) is 18.4 Å². The number of hydrogen-bond donors (Lipinski definition) is 1. The van der Waals surface area contributed by atoms with Crippen LogP contribution in [-0.2, 0) is 26.1 Å². The van der Waals surface area contributed by atoms with E-state index in [0.717, 1.165) is 5.56 Å². The molecule has 3 rings (SSSR count). The van der Waals surface area contributed by atoms with Gasteiger partial charge in [-0.05, 0) is 18.4 Å². The molecule has 2 aliphatic rings. The maximum Gasteiger partial charge on any atom is 0.410 e. The fourth-order valence-corrected chi connectivity index (χ4v) is 6.13. The van der Waals surface area contributed by atoms with Crippen molar-refractivity contribution in [2.75, 3.05) is 45.7 Å². The molecule has 9 heteroatoms. The molecule has 0 saturated carbocycles. The van der Waals surface area contributed by atoms with Crippen LogP contribution < -0.4 is 0 Å². The molecule has 0 unspecified atom stereocenters. The van der Waals surface area contributed by atoms with Crippen LogP contribution in [0.4, 0.5) is 4.79 Å². The number of ether oxygens (including phenoxy) is 2. The molecule has 1 amide bonds.